The largest absolute Gasteiger partial charge is 0.399 e. The lowest BCUT2D eigenvalue weighted by molar-refractivity contribution is 0.0937. The number of nitrogens with one attached hydrogen (secondary N) is 1. The first-order chi connectivity index (χ1) is 9.72. The molecule has 0 radical (unpaired) electrons. The van der Waals surface area contributed by atoms with Crippen LogP contribution < -0.4 is 11.1 Å². The van der Waals surface area contributed by atoms with Crippen LogP contribution >= 0.6 is 0 Å². The molecule has 1 aliphatic rings. The molecule has 6 heteroatoms. The van der Waals surface area contributed by atoms with Gasteiger partial charge in [0.2, 0.25) is 5.89 Å². The molecule has 3 N–H and O–H groups in total. The van der Waals surface area contributed by atoms with Crippen molar-refractivity contribution in [2.24, 2.45) is 0 Å². The Bertz CT molecular complexity index is 619. The Morgan fingerprint density at radius 1 is 1.35 bits per heavy atom. The van der Waals surface area contributed by atoms with E-state index in [0.717, 1.165) is 24.1 Å². The molecule has 1 aromatic carbocycles. The molecule has 6 nitrogen and oxygen atoms in total. The third kappa shape index (κ3) is 2.96. The number of anilines is 1. The molecular weight excluding hydrogens is 256 g/mol. The molecule has 0 aliphatic heterocycles. The van der Waals surface area contributed by atoms with Gasteiger partial charge in [-0.3, -0.25) is 4.79 Å². The number of rotatable bonds is 5. The number of nitrogens with two attached hydrogens (primary N) is 1. The van der Waals surface area contributed by atoms with Crippen molar-refractivity contribution in [3.63, 3.8) is 0 Å². The maximum atomic E-state index is 11.7. The first-order valence-corrected chi connectivity index (χ1v) is 6.69. The smallest absolute Gasteiger partial charge is 0.292 e. The van der Waals surface area contributed by atoms with Crippen LogP contribution in [0.25, 0.3) is 0 Å². The quantitative estimate of drug-likeness (QED) is 0.801. The van der Waals surface area contributed by atoms with Gasteiger partial charge in [0.15, 0.2) is 0 Å². The number of hydrogen-bond donors (Lipinski definition) is 2. The summed E-state index contributed by atoms with van der Waals surface area (Å²) in [7, 11) is 0. The molecule has 1 saturated carbocycles. The van der Waals surface area contributed by atoms with Crippen molar-refractivity contribution < 1.29 is 9.32 Å². The fourth-order valence-electron chi connectivity index (χ4n) is 1.93. The summed E-state index contributed by atoms with van der Waals surface area (Å²) in [5.74, 6) is 0.295. The number of aryl methyl sites for hydroxylation is 2. The number of carbonyl (C=O) groups is 1. The third-order valence-corrected chi connectivity index (χ3v) is 3.25. The van der Waals surface area contributed by atoms with Crippen molar-refractivity contribution in [2.75, 3.05) is 5.73 Å². The van der Waals surface area contributed by atoms with E-state index in [1.165, 1.54) is 0 Å². The Morgan fingerprint density at radius 3 is 2.90 bits per heavy atom. The van der Waals surface area contributed by atoms with Crippen LogP contribution in [-0.2, 0) is 12.8 Å². The summed E-state index contributed by atoms with van der Waals surface area (Å²) in [6.07, 6.45) is 3.34. The molecule has 0 saturated heterocycles. The normalized spacial score (nSPS) is 14.2. The van der Waals surface area contributed by atoms with Crippen molar-refractivity contribution in [3.05, 3.63) is 41.5 Å². The first-order valence-electron chi connectivity index (χ1n) is 6.69. The van der Waals surface area contributed by atoms with Gasteiger partial charge in [-0.05, 0) is 30.9 Å². The van der Waals surface area contributed by atoms with E-state index in [2.05, 4.69) is 15.5 Å². The van der Waals surface area contributed by atoms with Crippen LogP contribution in [0, 0.1) is 0 Å². The summed E-state index contributed by atoms with van der Waals surface area (Å²) in [4.78, 5) is 15.8. The summed E-state index contributed by atoms with van der Waals surface area (Å²) < 4.78 is 5.09. The minimum absolute atomic E-state index is 0.105. The van der Waals surface area contributed by atoms with Gasteiger partial charge in [-0.15, -0.1) is 0 Å². The topological polar surface area (TPSA) is 94.0 Å². The highest BCUT2D eigenvalue weighted by atomic mass is 16.5. The lowest BCUT2D eigenvalue weighted by Gasteiger charge is -2.02. The van der Waals surface area contributed by atoms with Crippen molar-refractivity contribution in [3.8, 4) is 0 Å². The van der Waals surface area contributed by atoms with Crippen LogP contribution in [0.3, 0.4) is 0 Å². The molecule has 0 unspecified atom stereocenters. The van der Waals surface area contributed by atoms with Crippen LogP contribution in [0.5, 0.6) is 0 Å². The number of aromatic nitrogens is 2. The van der Waals surface area contributed by atoms with Gasteiger partial charge in [-0.2, -0.15) is 4.98 Å². The van der Waals surface area contributed by atoms with E-state index in [9.17, 15) is 4.79 Å². The zero-order chi connectivity index (χ0) is 13.9. The molecule has 1 aromatic heterocycles. The number of hydrogen-bond acceptors (Lipinski definition) is 5. The lowest BCUT2D eigenvalue weighted by atomic mass is 10.1. The molecule has 2 aromatic rings. The average molecular weight is 272 g/mol. The Balaban J connectivity index is 1.59. The predicted octanol–water partition coefficient (Wildman–Crippen LogP) is 1.33. The Labute approximate surface area is 116 Å². The highest BCUT2D eigenvalue weighted by molar-refractivity contribution is 5.90. The summed E-state index contributed by atoms with van der Waals surface area (Å²) in [6, 6.07) is 7.94. The second-order valence-electron chi connectivity index (χ2n) is 4.96. The SMILES string of the molecule is Nc1ccccc1CCc1nc(C(=O)NC2CC2)no1. The number of nitrogen functional groups attached to an aromatic ring is 1. The summed E-state index contributed by atoms with van der Waals surface area (Å²) >= 11 is 0. The van der Waals surface area contributed by atoms with Gasteiger partial charge in [-0.1, -0.05) is 23.4 Å². The van der Waals surface area contributed by atoms with E-state index in [-0.39, 0.29) is 17.8 Å². The highest BCUT2D eigenvalue weighted by Crippen LogP contribution is 2.19. The van der Waals surface area contributed by atoms with Gasteiger partial charge >= 0.3 is 0 Å². The molecule has 0 atom stereocenters. The maximum Gasteiger partial charge on any atom is 0.292 e. The second-order valence-corrected chi connectivity index (χ2v) is 4.96. The highest BCUT2D eigenvalue weighted by Gasteiger charge is 2.26. The standard InChI is InChI=1S/C14H16N4O2/c15-11-4-2-1-3-9(11)5-8-12-17-13(18-20-12)14(19)16-10-6-7-10/h1-4,10H,5-8,15H2,(H,16,19). The second kappa shape index (κ2) is 5.32. The molecule has 0 spiro atoms. The molecule has 3 rings (SSSR count). The Morgan fingerprint density at radius 2 is 2.15 bits per heavy atom. The fraction of sp³-hybridized carbons (Fsp3) is 0.357. The Kier molecular flexibility index (Phi) is 3.37. The number of amides is 1. The summed E-state index contributed by atoms with van der Waals surface area (Å²) in [5.41, 5.74) is 7.65. The van der Waals surface area contributed by atoms with E-state index < -0.39 is 0 Å². The number of carbonyl (C=O) groups excluding carboxylic acids is 1. The lowest BCUT2D eigenvalue weighted by Crippen LogP contribution is -2.26. The van der Waals surface area contributed by atoms with Gasteiger partial charge in [0.1, 0.15) is 0 Å². The van der Waals surface area contributed by atoms with Gasteiger partial charge < -0.3 is 15.6 Å². The molecule has 0 bridgehead atoms. The van der Waals surface area contributed by atoms with Crippen molar-refractivity contribution >= 4 is 11.6 Å². The molecule has 1 heterocycles. The van der Waals surface area contributed by atoms with E-state index in [0.29, 0.717) is 18.7 Å². The minimum Gasteiger partial charge on any atom is -0.399 e. The van der Waals surface area contributed by atoms with Gasteiger partial charge in [-0.25, -0.2) is 0 Å². The van der Waals surface area contributed by atoms with E-state index in [4.69, 9.17) is 10.3 Å². The summed E-state index contributed by atoms with van der Waals surface area (Å²) in [6.45, 7) is 0. The van der Waals surface area contributed by atoms with Crippen molar-refractivity contribution in [2.45, 2.75) is 31.7 Å². The van der Waals surface area contributed by atoms with E-state index >= 15 is 0 Å². The predicted molar refractivity (Wildman–Crippen MR) is 73.0 cm³/mol. The van der Waals surface area contributed by atoms with Crippen LogP contribution in [0.4, 0.5) is 5.69 Å². The van der Waals surface area contributed by atoms with Crippen LogP contribution in [-0.4, -0.2) is 22.1 Å². The monoisotopic (exact) mass is 272 g/mol. The fourth-order valence-corrected chi connectivity index (χ4v) is 1.93. The van der Waals surface area contributed by atoms with Crippen LogP contribution in [0.2, 0.25) is 0 Å². The molecule has 104 valence electrons. The molecule has 20 heavy (non-hydrogen) atoms. The number of para-hydroxylation sites is 1. The number of nitrogens with zero attached hydrogens (tertiary/aromatic N) is 2. The minimum atomic E-state index is -0.262. The zero-order valence-corrected chi connectivity index (χ0v) is 11.0. The first kappa shape index (κ1) is 12.7. The zero-order valence-electron chi connectivity index (χ0n) is 11.0. The van der Waals surface area contributed by atoms with Crippen LogP contribution in [0.15, 0.2) is 28.8 Å². The van der Waals surface area contributed by atoms with E-state index in [1.54, 1.807) is 0 Å². The third-order valence-electron chi connectivity index (χ3n) is 3.25. The molecule has 1 amide bonds. The van der Waals surface area contributed by atoms with Gasteiger partial charge in [0, 0.05) is 18.2 Å². The van der Waals surface area contributed by atoms with Gasteiger partial charge in [0.05, 0.1) is 0 Å². The number of benzene rings is 1. The van der Waals surface area contributed by atoms with Crippen LogP contribution in [0.1, 0.15) is 34.9 Å². The van der Waals surface area contributed by atoms with Crippen molar-refractivity contribution in [1.82, 2.24) is 15.5 Å². The molecular formula is C14H16N4O2. The van der Waals surface area contributed by atoms with E-state index in [1.807, 2.05) is 24.3 Å². The summed E-state index contributed by atoms with van der Waals surface area (Å²) in [5, 5.41) is 6.52. The molecule has 1 aliphatic carbocycles. The van der Waals surface area contributed by atoms with Crippen molar-refractivity contribution in [1.29, 1.82) is 0 Å². The van der Waals surface area contributed by atoms with Gasteiger partial charge in [0.25, 0.3) is 11.7 Å². The maximum absolute atomic E-state index is 11.7. The molecule has 1 fully saturated rings. The Hall–Kier alpha value is -2.37. The average Bonchev–Trinajstić information content (AvgIpc) is 3.13.